The van der Waals surface area contributed by atoms with Gasteiger partial charge in [0, 0.05) is 25.2 Å². The van der Waals surface area contributed by atoms with E-state index in [0.29, 0.717) is 36.0 Å². The molecule has 3 heterocycles. The molecule has 2 aromatic carbocycles. The van der Waals surface area contributed by atoms with Gasteiger partial charge < -0.3 is 9.84 Å². The zero-order valence-electron chi connectivity index (χ0n) is 17.4. The summed E-state index contributed by atoms with van der Waals surface area (Å²) in [7, 11) is 0. The number of aryl methyl sites for hydroxylation is 1. The maximum absolute atomic E-state index is 12.8. The van der Waals surface area contributed by atoms with Crippen LogP contribution in [0.5, 0.6) is 0 Å². The smallest absolute Gasteiger partial charge is 0.338 e. The Labute approximate surface area is 188 Å². The first kappa shape index (κ1) is 20.6. The Morgan fingerprint density at radius 1 is 1.28 bits per heavy atom. The van der Waals surface area contributed by atoms with Crippen LogP contribution >= 0.6 is 11.3 Å². The quantitative estimate of drug-likeness (QED) is 0.487. The van der Waals surface area contributed by atoms with E-state index in [2.05, 4.69) is 9.83 Å². The second-order valence-electron chi connectivity index (χ2n) is 8.00. The van der Waals surface area contributed by atoms with Gasteiger partial charge in [-0.3, -0.25) is 14.6 Å². The van der Waals surface area contributed by atoms with Crippen molar-refractivity contribution in [2.24, 2.45) is 0 Å². The van der Waals surface area contributed by atoms with E-state index < -0.39 is 6.10 Å². The number of ether oxygens (including phenoxy) is 1. The molecule has 9 heteroatoms. The lowest BCUT2D eigenvalue weighted by Crippen LogP contribution is -2.51. The number of fused-ring (bicyclic) bond motifs is 2. The first-order valence-corrected chi connectivity index (χ1v) is 11.0. The van der Waals surface area contributed by atoms with Gasteiger partial charge in [0.2, 0.25) is 5.91 Å². The lowest BCUT2D eigenvalue weighted by Gasteiger charge is -2.34. The number of amides is 1. The molecule has 2 aliphatic rings. The highest BCUT2D eigenvalue weighted by Crippen LogP contribution is 2.32. The van der Waals surface area contributed by atoms with Crippen molar-refractivity contribution in [2.45, 2.75) is 19.6 Å². The van der Waals surface area contributed by atoms with Crippen molar-refractivity contribution in [1.29, 1.82) is 0 Å². The van der Waals surface area contributed by atoms with Gasteiger partial charge in [-0.25, -0.2) is 14.6 Å². The molecule has 8 nitrogen and oxygen atoms in total. The number of aliphatic hydroxyl groups is 1. The van der Waals surface area contributed by atoms with E-state index >= 15 is 0 Å². The molecule has 1 N–H and O–H groups in total. The molecule has 5 rings (SSSR count). The van der Waals surface area contributed by atoms with Crippen LogP contribution in [-0.2, 0) is 16.1 Å². The molecule has 1 saturated heterocycles. The van der Waals surface area contributed by atoms with E-state index in [0.717, 1.165) is 26.9 Å². The summed E-state index contributed by atoms with van der Waals surface area (Å²) in [5.74, 6) is -0.399. The van der Waals surface area contributed by atoms with Gasteiger partial charge in [-0.1, -0.05) is 23.5 Å². The highest BCUT2D eigenvalue weighted by molar-refractivity contribution is 7.22. The van der Waals surface area contributed by atoms with Gasteiger partial charge in [0.15, 0.2) is 10.8 Å². The van der Waals surface area contributed by atoms with Crippen molar-refractivity contribution in [1.82, 2.24) is 9.88 Å². The zero-order chi connectivity index (χ0) is 22.4. The molecular weight excluding hydrogens is 428 g/mol. The number of cyclic esters (lactones) is 1. The topological polar surface area (TPSA) is 87.3 Å². The Bertz CT molecular complexity index is 1300. The van der Waals surface area contributed by atoms with E-state index in [1.54, 1.807) is 23.1 Å². The Balaban J connectivity index is 1.27. The van der Waals surface area contributed by atoms with E-state index in [9.17, 15) is 14.7 Å². The van der Waals surface area contributed by atoms with Crippen molar-refractivity contribution >= 4 is 44.2 Å². The predicted octanol–water partition coefficient (Wildman–Crippen LogP) is 3.21. The molecule has 1 amide bonds. The molecule has 1 aromatic heterocycles. The number of hydrogen-bond donors (Lipinski definition) is 1. The number of anilines is 1. The third-order valence-electron chi connectivity index (χ3n) is 5.88. The molecule has 0 aliphatic carbocycles. The Kier molecular flexibility index (Phi) is 5.13. The van der Waals surface area contributed by atoms with Crippen LogP contribution in [0.1, 0.15) is 33.2 Å². The van der Waals surface area contributed by atoms with Gasteiger partial charge in [-0.2, -0.15) is 0 Å². The van der Waals surface area contributed by atoms with Crippen LogP contribution in [0.2, 0.25) is 0 Å². The Morgan fingerprint density at radius 2 is 2.12 bits per heavy atom. The average Bonchev–Trinajstić information content (AvgIpc) is 3.36. The summed E-state index contributed by atoms with van der Waals surface area (Å²) < 4.78 is 6.00. The van der Waals surface area contributed by atoms with Crippen molar-refractivity contribution in [3.8, 4) is 0 Å². The molecule has 0 radical (unpaired) electrons. The van der Waals surface area contributed by atoms with Crippen LogP contribution in [0.25, 0.3) is 15.1 Å². The second kappa shape index (κ2) is 7.98. The highest BCUT2D eigenvalue weighted by Gasteiger charge is 2.30. The van der Waals surface area contributed by atoms with Gasteiger partial charge in [-0.05, 0) is 36.2 Å². The minimum atomic E-state index is -0.773. The largest absolute Gasteiger partial charge is 0.457 e. The number of esters is 1. The van der Waals surface area contributed by atoms with Crippen LogP contribution in [-0.4, -0.2) is 53.0 Å². The van der Waals surface area contributed by atoms with Crippen LogP contribution in [0.15, 0.2) is 30.3 Å². The van der Waals surface area contributed by atoms with Crippen molar-refractivity contribution in [3.63, 3.8) is 0 Å². The summed E-state index contributed by atoms with van der Waals surface area (Å²) >= 11 is 1.44. The Morgan fingerprint density at radius 3 is 2.91 bits per heavy atom. The summed E-state index contributed by atoms with van der Waals surface area (Å²) in [5, 5.41) is 11.5. The number of aliphatic hydroxyl groups excluding tert-OH is 1. The van der Waals surface area contributed by atoms with E-state index in [4.69, 9.17) is 11.3 Å². The third-order valence-corrected chi connectivity index (χ3v) is 6.94. The normalized spacial score (nSPS) is 17.3. The zero-order valence-corrected chi connectivity index (χ0v) is 18.2. The standard InChI is InChI=1S/C23H20N4O4S/c1-13-7-17-14(12-31-22(17)30)8-16(13)19(28)10-26-5-6-27(21(29)11-26)23-25-18-9-15(24-2)3-4-20(18)32-23/h3-4,7-9,19,28H,5-6,10-12H2,1H3. The maximum atomic E-state index is 12.8. The third kappa shape index (κ3) is 3.62. The van der Waals surface area contributed by atoms with Gasteiger partial charge in [0.1, 0.15) is 6.61 Å². The number of rotatable bonds is 4. The lowest BCUT2D eigenvalue weighted by molar-refractivity contribution is -0.121. The molecule has 0 saturated carbocycles. The number of piperazine rings is 1. The van der Waals surface area contributed by atoms with Crippen molar-refractivity contribution in [2.75, 3.05) is 31.1 Å². The lowest BCUT2D eigenvalue weighted by atomic mass is 9.96. The summed E-state index contributed by atoms with van der Waals surface area (Å²) in [6, 6.07) is 8.94. The molecular formula is C23H20N4O4S. The second-order valence-corrected chi connectivity index (χ2v) is 9.01. The molecule has 1 unspecified atom stereocenters. The Hall–Kier alpha value is -3.32. The molecule has 3 aromatic rings. The van der Waals surface area contributed by atoms with Gasteiger partial charge in [-0.15, -0.1) is 0 Å². The number of nitrogens with zero attached hydrogens (tertiary/aromatic N) is 4. The fourth-order valence-corrected chi connectivity index (χ4v) is 5.16. The van der Waals surface area contributed by atoms with Crippen LogP contribution in [0.3, 0.4) is 0 Å². The van der Waals surface area contributed by atoms with Gasteiger partial charge in [0.25, 0.3) is 0 Å². The number of hydrogen-bond acceptors (Lipinski definition) is 7. The fourth-order valence-electron chi connectivity index (χ4n) is 4.17. The molecule has 1 atom stereocenters. The first-order valence-electron chi connectivity index (χ1n) is 10.2. The first-order chi connectivity index (χ1) is 15.4. The van der Waals surface area contributed by atoms with Crippen molar-refractivity contribution in [3.05, 3.63) is 64.0 Å². The van der Waals surface area contributed by atoms with Gasteiger partial charge >= 0.3 is 5.97 Å². The van der Waals surface area contributed by atoms with Crippen LogP contribution in [0.4, 0.5) is 10.8 Å². The monoisotopic (exact) mass is 448 g/mol. The SMILES string of the molecule is [C-]#[N+]c1ccc2sc(N3CCN(CC(O)c4cc5c(cc4C)C(=O)OC5)CC3=O)nc2c1. The number of aromatic nitrogens is 1. The minimum absolute atomic E-state index is 0.0717. The summed E-state index contributed by atoms with van der Waals surface area (Å²) in [6.45, 7) is 10.8. The average molecular weight is 449 g/mol. The van der Waals surface area contributed by atoms with Crippen LogP contribution in [0, 0.1) is 13.5 Å². The molecule has 32 heavy (non-hydrogen) atoms. The molecule has 0 spiro atoms. The number of carbonyl (C=O) groups excluding carboxylic acids is 2. The van der Waals surface area contributed by atoms with Gasteiger partial charge in [0.05, 0.1) is 35.0 Å². The summed E-state index contributed by atoms with van der Waals surface area (Å²) in [4.78, 5) is 36.2. The van der Waals surface area contributed by atoms with E-state index in [1.165, 1.54) is 11.3 Å². The number of benzene rings is 2. The molecule has 2 aliphatic heterocycles. The predicted molar refractivity (Wildman–Crippen MR) is 120 cm³/mol. The number of β-amino-alcohol motifs (C(OH)–C–C–N with tert-alkyl or cyclic N) is 1. The highest BCUT2D eigenvalue weighted by atomic mass is 32.1. The number of thiazole rings is 1. The molecule has 1 fully saturated rings. The fraction of sp³-hybridized carbons (Fsp3) is 0.304. The molecule has 0 bridgehead atoms. The van der Waals surface area contributed by atoms with E-state index in [1.807, 2.05) is 24.0 Å². The minimum Gasteiger partial charge on any atom is -0.457 e. The van der Waals surface area contributed by atoms with Crippen LogP contribution < -0.4 is 4.90 Å². The van der Waals surface area contributed by atoms with E-state index in [-0.39, 0.29) is 25.0 Å². The number of carbonyl (C=O) groups is 2. The molecule has 162 valence electrons. The maximum Gasteiger partial charge on any atom is 0.338 e. The summed E-state index contributed by atoms with van der Waals surface area (Å²) in [6.07, 6.45) is -0.773. The summed E-state index contributed by atoms with van der Waals surface area (Å²) in [5.41, 5.74) is 4.16. The van der Waals surface area contributed by atoms with Crippen molar-refractivity contribution < 1.29 is 19.4 Å².